The third-order valence-electron chi connectivity index (χ3n) is 4.79. The molecule has 1 amide bonds. The lowest BCUT2D eigenvalue weighted by Gasteiger charge is -2.29. The highest BCUT2D eigenvalue weighted by atomic mass is 16.6. The Labute approximate surface area is 175 Å². The van der Waals surface area contributed by atoms with Crippen molar-refractivity contribution in [2.45, 2.75) is 45.4 Å². The van der Waals surface area contributed by atoms with Crippen LogP contribution in [-0.2, 0) is 4.74 Å². The molecular formula is C22H26N4O4. The zero-order chi connectivity index (χ0) is 21.3. The van der Waals surface area contributed by atoms with Gasteiger partial charge in [0.1, 0.15) is 17.1 Å². The van der Waals surface area contributed by atoms with Gasteiger partial charge < -0.3 is 14.2 Å². The van der Waals surface area contributed by atoms with Crippen LogP contribution in [0.1, 0.15) is 33.6 Å². The second-order valence-corrected chi connectivity index (χ2v) is 8.20. The van der Waals surface area contributed by atoms with Crippen LogP contribution in [0.25, 0.3) is 16.7 Å². The molecule has 30 heavy (non-hydrogen) atoms. The lowest BCUT2D eigenvalue weighted by Crippen LogP contribution is -2.42. The molecule has 0 unspecified atom stereocenters. The smallest absolute Gasteiger partial charge is 0.413 e. The summed E-state index contributed by atoms with van der Waals surface area (Å²) in [5.74, 6) is 1.96. The molecule has 4 rings (SSSR count). The zero-order valence-corrected chi connectivity index (χ0v) is 17.7. The number of nitrogens with zero attached hydrogens (tertiary/aromatic N) is 4. The average Bonchev–Trinajstić information content (AvgIpc) is 3.38. The maximum atomic E-state index is 12.6. The molecule has 0 radical (unpaired) electrons. The highest BCUT2D eigenvalue weighted by Crippen LogP contribution is 2.32. The normalized spacial score (nSPS) is 16.7. The third-order valence-corrected chi connectivity index (χ3v) is 4.79. The molecule has 1 aliphatic heterocycles. The zero-order valence-electron chi connectivity index (χ0n) is 17.7. The van der Waals surface area contributed by atoms with E-state index >= 15 is 0 Å². The predicted octanol–water partition coefficient (Wildman–Crippen LogP) is 4.16. The van der Waals surface area contributed by atoms with Crippen molar-refractivity contribution in [2.75, 3.05) is 13.7 Å². The van der Waals surface area contributed by atoms with E-state index in [9.17, 15) is 4.79 Å². The van der Waals surface area contributed by atoms with Crippen LogP contribution in [-0.4, -0.2) is 51.2 Å². The van der Waals surface area contributed by atoms with E-state index in [1.165, 1.54) is 0 Å². The summed E-state index contributed by atoms with van der Waals surface area (Å²) in [6, 6.07) is 9.31. The van der Waals surface area contributed by atoms with Crippen LogP contribution < -0.4 is 9.47 Å². The molecule has 3 heterocycles. The average molecular weight is 410 g/mol. The van der Waals surface area contributed by atoms with Crippen molar-refractivity contribution in [3.05, 3.63) is 42.7 Å². The number of rotatable bonds is 4. The van der Waals surface area contributed by atoms with Gasteiger partial charge in [-0.3, -0.25) is 4.90 Å². The van der Waals surface area contributed by atoms with Crippen LogP contribution >= 0.6 is 0 Å². The first-order valence-electron chi connectivity index (χ1n) is 9.99. The number of pyridine rings is 1. The molecule has 1 saturated heterocycles. The first-order valence-corrected chi connectivity index (χ1v) is 9.99. The Kier molecular flexibility index (Phi) is 5.24. The van der Waals surface area contributed by atoms with Crippen LogP contribution in [0.5, 0.6) is 11.5 Å². The number of carbonyl (C=O) groups excluding carboxylic acids is 1. The quantitative estimate of drug-likeness (QED) is 0.642. The maximum absolute atomic E-state index is 12.6. The molecule has 1 aliphatic rings. The van der Waals surface area contributed by atoms with Crippen LogP contribution in [0, 0.1) is 0 Å². The summed E-state index contributed by atoms with van der Waals surface area (Å²) in [6.07, 6.45) is 4.33. The highest BCUT2D eigenvalue weighted by molar-refractivity contribution is 5.87. The van der Waals surface area contributed by atoms with E-state index in [2.05, 4.69) is 5.10 Å². The number of likely N-dealkylation sites (tertiary alicyclic amines) is 1. The van der Waals surface area contributed by atoms with Crippen molar-refractivity contribution in [1.82, 2.24) is 19.7 Å². The molecule has 8 nitrogen and oxygen atoms in total. The van der Waals surface area contributed by atoms with Crippen molar-refractivity contribution < 1.29 is 19.0 Å². The van der Waals surface area contributed by atoms with Gasteiger partial charge in [-0.15, -0.1) is 0 Å². The minimum atomic E-state index is -0.558. The summed E-state index contributed by atoms with van der Waals surface area (Å²) >= 11 is 0. The van der Waals surface area contributed by atoms with E-state index in [0.29, 0.717) is 23.9 Å². The summed E-state index contributed by atoms with van der Waals surface area (Å²) in [5.41, 5.74) is 0.163. The molecule has 1 fully saturated rings. The Morgan fingerprint density at radius 2 is 2.07 bits per heavy atom. The second kappa shape index (κ2) is 7.85. The highest BCUT2D eigenvalue weighted by Gasteiger charge is 2.34. The molecule has 0 spiro atoms. The first-order chi connectivity index (χ1) is 14.3. The van der Waals surface area contributed by atoms with E-state index in [0.717, 1.165) is 23.7 Å². The lowest BCUT2D eigenvalue weighted by molar-refractivity contribution is -0.00474. The fourth-order valence-corrected chi connectivity index (χ4v) is 3.44. The molecule has 3 aromatic rings. The van der Waals surface area contributed by atoms with Gasteiger partial charge in [0.2, 0.25) is 0 Å². The number of hydrogen-bond acceptors (Lipinski definition) is 6. The monoisotopic (exact) mass is 410 g/mol. The minimum absolute atomic E-state index is 0.364. The Morgan fingerprint density at radius 1 is 1.23 bits per heavy atom. The van der Waals surface area contributed by atoms with Crippen LogP contribution in [0.15, 0.2) is 42.7 Å². The number of hydrogen-bond donors (Lipinski definition) is 0. The van der Waals surface area contributed by atoms with Gasteiger partial charge in [-0.05, 0) is 45.4 Å². The van der Waals surface area contributed by atoms with Gasteiger partial charge in [0, 0.05) is 42.9 Å². The maximum Gasteiger partial charge on any atom is 0.413 e. The number of methoxy groups -OCH3 is 1. The molecule has 0 saturated carbocycles. The SMILES string of the molecule is COc1ccc2c(O[C@@H]3CCCN3C(=O)OC(C)(C)C)cc(-n3cccn3)nc2c1. The Hall–Kier alpha value is -3.29. The van der Waals surface area contributed by atoms with Crippen LogP contribution in [0.3, 0.4) is 0 Å². The van der Waals surface area contributed by atoms with Gasteiger partial charge in [-0.25, -0.2) is 14.5 Å². The topological polar surface area (TPSA) is 78.7 Å². The number of benzene rings is 1. The summed E-state index contributed by atoms with van der Waals surface area (Å²) < 4.78 is 18.9. The van der Waals surface area contributed by atoms with E-state index in [1.54, 1.807) is 22.9 Å². The molecule has 0 aliphatic carbocycles. The molecule has 1 atom stereocenters. The summed E-state index contributed by atoms with van der Waals surface area (Å²) in [6.45, 7) is 6.17. The van der Waals surface area contributed by atoms with Crippen molar-refractivity contribution in [3.8, 4) is 17.3 Å². The molecule has 8 heteroatoms. The van der Waals surface area contributed by atoms with Crippen molar-refractivity contribution in [2.24, 2.45) is 0 Å². The fourth-order valence-electron chi connectivity index (χ4n) is 3.44. The minimum Gasteiger partial charge on any atom is -0.497 e. The van der Waals surface area contributed by atoms with Gasteiger partial charge in [0.25, 0.3) is 0 Å². The second-order valence-electron chi connectivity index (χ2n) is 8.20. The third kappa shape index (κ3) is 4.17. The van der Waals surface area contributed by atoms with E-state index < -0.39 is 11.8 Å². The summed E-state index contributed by atoms with van der Waals surface area (Å²) in [5, 5.41) is 5.11. The van der Waals surface area contributed by atoms with E-state index in [1.807, 2.05) is 57.3 Å². The van der Waals surface area contributed by atoms with Gasteiger partial charge in [0.05, 0.1) is 12.6 Å². The molecule has 1 aromatic carbocycles. The van der Waals surface area contributed by atoms with Crippen molar-refractivity contribution in [1.29, 1.82) is 0 Å². The molecule has 0 bridgehead atoms. The summed E-state index contributed by atoms with van der Waals surface area (Å²) in [4.78, 5) is 19.0. The first kappa shape index (κ1) is 20.0. The van der Waals surface area contributed by atoms with Gasteiger partial charge in [-0.2, -0.15) is 5.10 Å². The Balaban J connectivity index is 1.69. The predicted molar refractivity (Wildman–Crippen MR) is 112 cm³/mol. The number of ether oxygens (including phenoxy) is 3. The fraction of sp³-hybridized carbons (Fsp3) is 0.409. The number of aromatic nitrogens is 3. The van der Waals surface area contributed by atoms with Crippen LogP contribution in [0.4, 0.5) is 4.79 Å². The standard InChI is InChI=1S/C22H26N4O4/c1-22(2,3)30-21(27)25-11-5-7-20(25)29-18-14-19(26-12-6-10-23-26)24-17-13-15(28-4)8-9-16(17)18/h6,8-10,12-14,20H,5,7,11H2,1-4H3/t20-/m1/s1. The van der Waals surface area contributed by atoms with Crippen molar-refractivity contribution in [3.63, 3.8) is 0 Å². The number of amides is 1. The van der Waals surface area contributed by atoms with Gasteiger partial charge >= 0.3 is 6.09 Å². The Morgan fingerprint density at radius 3 is 2.77 bits per heavy atom. The molecular weight excluding hydrogens is 384 g/mol. The number of carbonyl (C=O) groups is 1. The molecule has 2 aromatic heterocycles. The van der Waals surface area contributed by atoms with Crippen LogP contribution in [0.2, 0.25) is 0 Å². The van der Waals surface area contributed by atoms with E-state index in [-0.39, 0.29) is 6.09 Å². The molecule has 0 N–H and O–H groups in total. The van der Waals surface area contributed by atoms with Gasteiger partial charge in [-0.1, -0.05) is 0 Å². The molecule has 158 valence electrons. The van der Waals surface area contributed by atoms with E-state index in [4.69, 9.17) is 19.2 Å². The summed E-state index contributed by atoms with van der Waals surface area (Å²) in [7, 11) is 1.62. The Bertz CT molecular complexity index is 1040. The largest absolute Gasteiger partial charge is 0.497 e. The lowest BCUT2D eigenvalue weighted by atomic mass is 10.2. The van der Waals surface area contributed by atoms with Crippen molar-refractivity contribution >= 4 is 17.0 Å². The number of fused-ring (bicyclic) bond motifs is 1. The van der Waals surface area contributed by atoms with Gasteiger partial charge in [0.15, 0.2) is 12.0 Å².